The highest BCUT2D eigenvalue weighted by Gasteiger charge is 2.38. The quantitative estimate of drug-likeness (QED) is 0.101. The van der Waals surface area contributed by atoms with Crippen LogP contribution in [-0.4, -0.2) is 64.7 Å². The molecule has 2 atom stereocenters. The van der Waals surface area contributed by atoms with Crippen molar-refractivity contribution in [1.82, 2.24) is 14.6 Å². The van der Waals surface area contributed by atoms with E-state index < -0.39 is 29.3 Å². The van der Waals surface area contributed by atoms with Crippen molar-refractivity contribution in [2.24, 2.45) is 0 Å². The van der Waals surface area contributed by atoms with Gasteiger partial charge in [-0.25, -0.2) is 18.6 Å². The number of benzene rings is 2. The second kappa shape index (κ2) is 15.3. The summed E-state index contributed by atoms with van der Waals surface area (Å²) < 4.78 is 56.5. The molecule has 5 rings (SSSR count). The molecule has 51 heavy (non-hydrogen) atoms. The van der Waals surface area contributed by atoms with Crippen molar-refractivity contribution in [2.45, 2.75) is 84.2 Å². The number of piperidine rings is 1. The molecule has 1 unspecified atom stereocenters. The fourth-order valence-electron chi connectivity index (χ4n) is 6.39. The molecule has 0 radical (unpaired) electrons. The number of halogens is 2. The highest BCUT2D eigenvalue weighted by molar-refractivity contribution is 5.81. The van der Waals surface area contributed by atoms with Gasteiger partial charge >= 0.3 is 5.97 Å². The number of rotatable bonds is 13. The molecule has 3 heterocycles. The summed E-state index contributed by atoms with van der Waals surface area (Å²) in [6.07, 6.45) is 4.01. The largest absolute Gasteiger partial charge is 0.490 e. The molecular formula is C40H48F2N4O5. The number of ether oxygens (including phenoxy) is 4. The number of hydrogen-bond donors (Lipinski definition) is 0. The summed E-state index contributed by atoms with van der Waals surface area (Å²) in [6, 6.07) is 10.7. The second-order valence-corrected chi connectivity index (χ2v) is 14.2. The van der Waals surface area contributed by atoms with Gasteiger partial charge in [0.2, 0.25) is 0 Å². The highest BCUT2D eigenvalue weighted by atomic mass is 19.1. The van der Waals surface area contributed by atoms with Crippen LogP contribution in [-0.2, 0) is 19.0 Å². The lowest BCUT2D eigenvalue weighted by Crippen LogP contribution is -2.45. The third kappa shape index (κ3) is 8.31. The molecule has 2 aromatic heterocycles. The summed E-state index contributed by atoms with van der Waals surface area (Å²) in [5.74, 6) is -0.928. The summed E-state index contributed by atoms with van der Waals surface area (Å²) in [5, 5.41) is 4.99. The number of carbonyl (C=O) groups is 1. The van der Waals surface area contributed by atoms with Crippen LogP contribution in [0.1, 0.15) is 71.2 Å². The van der Waals surface area contributed by atoms with Gasteiger partial charge in [0.05, 0.1) is 47.8 Å². The molecule has 9 nitrogen and oxygen atoms in total. The Labute approximate surface area is 298 Å². The Morgan fingerprint density at radius 1 is 1.08 bits per heavy atom. The van der Waals surface area contributed by atoms with Gasteiger partial charge in [-0.2, -0.15) is 9.61 Å². The number of hydrogen-bond acceptors (Lipinski definition) is 8. The van der Waals surface area contributed by atoms with Gasteiger partial charge in [-0.05, 0) is 84.7 Å². The van der Waals surface area contributed by atoms with Gasteiger partial charge in [-0.3, -0.25) is 0 Å². The molecule has 272 valence electrons. The average Bonchev–Trinajstić information content (AvgIpc) is 3.50. The number of methoxy groups -OCH3 is 1. The molecule has 11 heteroatoms. The zero-order valence-corrected chi connectivity index (χ0v) is 30.6. The summed E-state index contributed by atoms with van der Waals surface area (Å²) in [7, 11) is 1.33. The number of esters is 1. The Morgan fingerprint density at radius 3 is 2.45 bits per heavy atom. The van der Waals surface area contributed by atoms with Crippen molar-refractivity contribution in [3.05, 3.63) is 90.7 Å². The molecule has 1 fully saturated rings. The lowest BCUT2D eigenvalue weighted by atomic mass is 9.92. The molecule has 1 aliphatic heterocycles. The molecule has 1 aliphatic rings. The first-order valence-corrected chi connectivity index (χ1v) is 17.2. The van der Waals surface area contributed by atoms with Crippen LogP contribution in [0, 0.1) is 18.6 Å². The normalized spacial score (nSPS) is 15.7. The van der Waals surface area contributed by atoms with Crippen LogP contribution in [0.2, 0.25) is 0 Å². The van der Waals surface area contributed by atoms with Gasteiger partial charge in [0, 0.05) is 42.4 Å². The standard InChI is InChI=1S/C40H48F2N4O5/c1-10-13-25(3)50-32-15-12-14-30(42)35(32)28-23-27(16-17-29(28)41)31-24-33-43-26(4)34(36(38(47)48-9)51-39(5,6)7)37(46(33)44-31)45-20-18-40(8,19-21-45)49-22-11-2/h10-12,14-17,23-25,36H,1-2,13,18-22H2,3-9H3/t25-,36?/m0/s1. The van der Waals surface area contributed by atoms with Crippen molar-refractivity contribution < 1.29 is 32.5 Å². The summed E-state index contributed by atoms with van der Waals surface area (Å²) in [5.41, 5.74) is 1.63. The Morgan fingerprint density at radius 2 is 1.80 bits per heavy atom. The van der Waals surface area contributed by atoms with E-state index in [2.05, 4.69) is 25.0 Å². The van der Waals surface area contributed by atoms with Crippen LogP contribution in [0.25, 0.3) is 28.0 Å². The molecular weight excluding hydrogens is 654 g/mol. The van der Waals surface area contributed by atoms with Gasteiger partial charge in [-0.1, -0.05) is 18.2 Å². The van der Waals surface area contributed by atoms with E-state index in [9.17, 15) is 4.79 Å². The summed E-state index contributed by atoms with van der Waals surface area (Å²) in [4.78, 5) is 20.4. The van der Waals surface area contributed by atoms with E-state index >= 15 is 8.78 Å². The minimum Gasteiger partial charge on any atom is -0.490 e. The zero-order valence-electron chi connectivity index (χ0n) is 30.6. The van der Waals surface area contributed by atoms with E-state index in [-0.39, 0.29) is 28.6 Å². The van der Waals surface area contributed by atoms with Crippen molar-refractivity contribution in [3.63, 3.8) is 0 Å². The minimum atomic E-state index is -1.10. The van der Waals surface area contributed by atoms with E-state index in [1.807, 2.05) is 34.6 Å². The molecule has 1 saturated heterocycles. The first-order chi connectivity index (χ1) is 24.2. The van der Waals surface area contributed by atoms with Gasteiger partial charge in [0.1, 0.15) is 23.2 Å². The summed E-state index contributed by atoms with van der Waals surface area (Å²) >= 11 is 0. The van der Waals surface area contributed by atoms with Crippen LogP contribution < -0.4 is 9.64 Å². The number of nitrogens with zero attached hydrogens (tertiary/aromatic N) is 4. The minimum absolute atomic E-state index is 0.0174. The van der Waals surface area contributed by atoms with E-state index in [4.69, 9.17) is 29.0 Å². The van der Waals surface area contributed by atoms with Crippen molar-refractivity contribution >= 4 is 17.4 Å². The van der Waals surface area contributed by atoms with Crippen LogP contribution in [0.3, 0.4) is 0 Å². The second-order valence-electron chi connectivity index (χ2n) is 14.2. The monoisotopic (exact) mass is 702 g/mol. The smallest absolute Gasteiger partial charge is 0.339 e. The number of carbonyl (C=O) groups excluding carboxylic acids is 1. The number of anilines is 1. The van der Waals surface area contributed by atoms with E-state index in [0.717, 1.165) is 0 Å². The molecule has 0 spiro atoms. The third-order valence-electron chi connectivity index (χ3n) is 8.96. The molecule has 4 aromatic rings. The van der Waals surface area contributed by atoms with E-state index in [0.29, 0.717) is 72.9 Å². The molecule has 0 amide bonds. The Hall–Kier alpha value is -4.61. The maximum atomic E-state index is 15.6. The van der Waals surface area contributed by atoms with Gasteiger partial charge in [-0.15, -0.1) is 13.2 Å². The van der Waals surface area contributed by atoms with Gasteiger partial charge < -0.3 is 23.8 Å². The predicted molar refractivity (Wildman–Crippen MR) is 195 cm³/mol. The number of aryl methyl sites for hydroxylation is 1. The van der Waals surface area contributed by atoms with Crippen LogP contribution in [0.15, 0.2) is 67.8 Å². The number of aromatic nitrogens is 3. The topological polar surface area (TPSA) is 87.4 Å². The maximum absolute atomic E-state index is 15.6. The predicted octanol–water partition coefficient (Wildman–Crippen LogP) is 8.58. The first-order valence-electron chi connectivity index (χ1n) is 17.2. The molecule has 0 saturated carbocycles. The molecule has 0 N–H and O–H groups in total. The Balaban J connectivity index is 1.67. The van der Waals surface area contributed by atoms with Crippen LogP contribution in [0.4, 0.5) is 14.6 Å². The van der Waals surface area contributed by atoms with Crippen LogP contribution >= 0.6 is 0 Å². The molecule has 0 aliphatic carbocycles. The van der Waals surface area contributed by atoms with Crippen LogP contribution in [0.5, 0.6) is 5.75 Å². The fourth-order valence-corrected chi connectivity index (χ4v) is 6.39. The third-order valence-corrected chi connectivity index (χ3v) is 8.96. The zero-order chi connectivity index (χ0) is 37.1. The maximum Gasteiger partial charge on any atom is 0.339 e. The summed E-state index contributed by atoms with van der Waals surface area (Å²) in [6.45, 7) is 20.6. The van der Waals surface area contributed by atoms with E-state index in [1.165, 1.54) is 25.3 Å². The van der Waals surface area contributed by atoms with Gasteiger partial charge in [0.25, 0.3) is 0 Å². The lowest BCUT2D eigenvalue weighted by molar-refractivity contribution is -0.164. The fraction of sp³-hybridized carbons (Fsp3) is 0.425. The number of fused-ring (bicyclic) bond motifs is 1. The highest BCUT2D eigenvalue weighted by Crippen LogP contribution is 2.40. The SMILES string of the molecule is C=CCOC1(C)CCN(c2c(C(OC(C)(C)C)C(=O)OC)c(C)nc3cc(-c4ccc(F)c(-c5c(F)cccc5O[C@@H](C)CC=C)c4)nn23)CC1. The van der Waals surface area contributed by atoms with Crippen molar-refractivity contribution in [2.75, 3.05) is 31.7 Å². The first kappa shape index (κ1) is 37.6. The Bertz CT molecular complexity index is 1910. The Kier molecular flexibility index (Phi) is 11.3. The average molecular weight is 703 g/mol. The van der Waals surface area contributed by atoms with Gasteiger partial charge in [0.15, 0.2) is 11.8 Å². The molecule has 0 bridgehead atoms. The lowest BCUT2D eigenvalue weighted by Gasteiger charge is -2.41. The molecule has 2 aromatic carbocycles. The van der Waals surface area contributed by atoms with Crippen molar-refractivity contribution in [1.29, 1.82) is 0 Å². The van der Waals surface area contributed by atoms with E-state index in [1.54, 1.807) is 40.9 Å². The van der Waals surface area contributed by atoms with Crippen molar-refractivity contribution in [3.8, 4) is 28.1 Å².